The predicted molar refractivity (Wildman–Crippen MR) is 115 cm³/mol. The van der Waals surface area contributed by atoms with E-state index in [1.54, 1.807) is 6.07 Å². The first-order valence-corrected chi connectivity index (χ1v) is 9.95. The third-order valence-electron chi connectivity index (χ3n) is 5.27. The van der Waals surface area contributed by atoms with Gasteiger partial charge in [0.15, 0.2) is 0 Å². The number of nitrogens with zero attached hydrogens (tertiary/aromatic N) is 2. The van der Waals surface area contributed by atoms with Crippen LogP contribution in [0.4, 0.5) is 0 Å². The monoisotopic (exact) mass is 412 g/mol. The lowest BCUT2D eigenvalue weighted by atomic mass is 9.87. The number of fused-ring (bicyclic) bond motifs is 1. The molecule has 1 amide bonds. The predicted octanol–water partition coefficient (Wildman–Crippen LogP) is 2.52. The molecule has 160 valence electrons. The first-order valence-electron chi connectivity index (χ1n) is 9.95. The molecule has 3 rings (SSSR count). The molecule has 8 heteroatoms. The van der Waals surface area contributed by atoms with Crippen LogP contribution in [0.15, 0.2) is 57.4 Å². The molecule has 8 nitrogen and oxygen atoms in total. The smallest absolute Gasteiger partial charge is 0.336 e. The average Bonchev–Trinajstić information content (AvgIpc) is 2.72. The molecule has 1 aromatic carbocycles. The normalized spacial score (nSPS) is 18.2. The lowest BCUT2D eigenvalue weighted by Gasteiger charge is -2.34. The van der Waals surface area contributed by atoms with Crippen molar-refractivity contribution in [3.8, 4) is 5.75 Å². The number of hydrogen-bond acceptors (Lipinski definition) is 7. The molecule has 0 radical (unpaired) electrons. The summed E-state index contributed by atoms with van der Waals surface area (Å²) in [5, 5.41) is 4.13. The van der Waals surface area contributed by atoms with E-state index < -0.39 is 0 Å². The van der Waals surface area contributed by atoms with Crippen molar-refractivity contribution in [3.05, 3.63) is 64.2 Å². The van der Waals surface area contributed by atoms with Crippen molar-refractivity contribution in [2.75, 3.05) is 20.2 Å². The number of rotatable bonds is 9. The third-order valence-corrected chi connectivity index (χ3v) is 5.27. The number of carbonyl (C=O) groups is 1. The van der Waals surface area contributed by atoms with Crippen molar-refractivity contribution < 1.29 is 13.9 Å². The summed E-state index contributed by atoms with van der Waals surface area (Å²) in [6.07, 6.45) is 6.88. The van der Waals surface area contributed by atoms with Crippen molar-refractivity contribution in [2.24, 2.45) is 11.8 Å². The number of allylic oxidation sites excluding steroid dienone is 3. The Bertz CT molecular complexity index is 1010. The number of benzene rings is 1. The highest BCUT2D eigenvalue weighted by Gasteiger charge is 2.26. The van der Waals surface area contributed by atoms with Crippen LogP contribution in [0.3, 0.4) is 0 Å². The molecular formula is C22H28N4O4. The first kappa shape index (κ1) is 21.6. The maximum Gasteiger partial charge on any atom is 0.336 e. The van der Waals surface area contributed by atoms with Crippen LogP contribution in [-0.2, 0) is 4.79 Å². The largest absolute Gasteiger partial charge is 0.493 e. The highest BCUT2D eigenvalue weighted by molar-refractivity contribution is 5.81. The van der Waals surface area contributed by atoms with Crippen LogP contribution in [0.25, 0.3) is 11.0 Å². The van der Waals surface area contributed by atoms with E-state index >= 15 is 0 Å². The van der Waals surface area contributed by atoms with Gasteiger partial charge in [0, 0.05) is 42.7 Å². The van der Waals surface area contributed by atoms with Gasteiger partial charge in [0.1, 0.15) is 11.3 Å². The molecule has 2 N–H and O–H groups in total. The van der Waals surface area contributed by atoms with Crippen LogP contribution in [0.2, 0.25) is 0 Å². The lowest BCUT2D eigenvalue weighted by Crippen LogP contribution is -2.53. The Morgan fingerprint density at radius 3 is 2.80 bits per heavy atom. The summed E-state index contributed by atoms with van der Waals surface area (Å²) in [4.78, 5) is 22.6. The van der Waals surface area contributed by atoms with Gasteiger partial charge in [-0.15, -0.1) is 5.53 Å². The summed E-state index contributed by atoms with van der Waals surface area (Å²) in [5.41, 5.74) is 7.90. The molecule has 0 saturated heterocycles. The molecule has 1 aliphatic rings. The minimum Gasteiger partial charge on any atom is -0.493 e. The molecule has 2 unspecified atom stereocenters. The Hall–Kier alpha value is -3.10. The van der Waals surface area contributed by atoms with E-state index in [2.05, 4.69) is 24.1 Å². The van der Waals surface area contributed by atoms with Gasteiger partial charge in [-0.3, -0.25) is 9.80 Å². The maximum atomic E-state index is 11.7. The maximum absolute atomic E-state index is 11.7. The Morgan fingerprint density at radius 1 is 1.27 bits per heavy atom. The summed E-state index contributed by atoms with van der Waals surface area (Å²) in [6, 6.07) is 7.02. The van der Waals surface area contributed by atoms with Gasteiger partial charge in [-0.1, -0.05) is 19.1 Å². The summed E-state index contributed by atoms with van der Waals surface area (Å²) >= 11 is 0. The van der Waals surface area contributed by atoms with Crippen molar-refractivity contribution in [1.29, 1.82) is 0 Å². The molecule has 2 aromatic rings. The quantitative estimate of drug-likeness (QED) is 0.372. The Balaban J connectivity index is 1.71. The number of carbonyl (C=O) groups excluding carboxylic acids is 1. The fourth-order valence-corrected chi connectivity index (χ4v) is 3.42. The SMILES string of the molecule is CCN(C=O)NNN(C)C1=CC=CC(C)C1COc1ccc2c(C)cc(=O)oc2c1. The van der Waals surface area contributed by atoms with Crippen LogP contribution in [0.5, 0.6) is 5.75 Å². The molecule has 1 aromatic heterocycles. The van der Waals surface area contributed by atoms with Crippen molar-refractivity contribution >= 4 is 17.4 Å². The Kier molecular flexibility index (Phi) is 6.91. The second-order valence-electron chi connectivity index (χ2n) is 7.33. The summed E-state index contributed by atoms with van der Waals surface area (Å²) in [5.74, 6) is 0.980. The number of nitrogens with one attached hydrogen (secondary N) is 2. The van der Waals surface area contributed by atoms with Gasteiger partial charge < -0.3 is 14.2 Å². The van der Waals surface area contributed by atoms with Crippen LogP contribution >= 0.6 is 0 Å². The molecule has 0 bridgehead atoms. The van der Waals surface area contributed by atoms with E-state index in [9.17, 15) is 9.59 Å². The number of amides is 1. The van der Waals surface area contributed by atoms with E-state index in [1.807, 2.05) is 50.2 Å². The zero-order valence-electron chi connectivity index (χ0n) is 17.7. The van der Waals surface area contributed by atoms with Crippen molar-refractivity contribution in [3.63, 3.8) is 0 Å². The zero-order chi connectivity index (χ0) is 21.7. The number of aryl methyl sites for hydroxylation is 1. The van der Waals surface area contributed by atoms with Crippen LogP contribution in [0, 0.1) is 18.8 Å². The van der Waals surface area contributed by atoms with Crippen LogP contribution in [0.1, 0.15) is 19.4 Å². The molecule has 0 spiro atoms. The van der Waals surface area contributed by atoms with Gasteiger partial charge in [0.05, 0.1) is 6.61 Å². The second-order valence-corrected chi connectivity index (χ2v) is 7.33. The second kappa shape index (κ2) is 9.60. The minimum absolute atomic E-state index is 0.0841. The molecule has 0 saturated carbocycles. The molecular weight excluding hydrogens is 384 g/mol. The molecule has 1 heterocycles. The topological polar surface area (TPSA) is 87.0 Å². The van der Waals surface area contributed by atoms with E-state index in [-0.39, 0.29) is 17.5 Å². The average molecular weight is 412 g/mol. The van der Waals surface area contributed by atoms with Gasteiger partial charge in [0.25, 0.3) is 0 Å². The highest BCUT2D eigenvalue weighted by atomic mass is 16.5. The summed E-state index contributed by atoms with van der Waals surface area (Å²) in [7, 11) is 1.88. The minimum atomic E-state index is -0.370. The Labute approximate surface area is 175 Å². The standard InChI is InChI=1S/C22H28N4O4/c1-5-26(14-27)24-23-25(4)20-8-6-7-15(2)19(20)13-29-17-9-10-18-16(3)11-22(28)30-21(18)12-17/h6-12,14-15,19,23-24H,5,13H2,1-4H3. The van der Waals surface area contributed by atoms with E-state index in [1.165, 1.54) is 11.1 Å². The van der Waals surface area contributed by atoms with Crippen LogP contribution in [-0.4, -0.2) is 36.6 Å². The van der Waals surface area contributed by atoms with E-state index in [0.29, 0.717) is 24.5 Å². The van der Waals surface area contributed by atoms with Crippen molar-refractivity contribution in [1.82, 2.24) is 21.1 Å². The highest BCUT2D eigenvalue weighted by Crippen LogP contribution is 2.29. The number of hydrazine groups is 3. The van der Waals surface area contributed by atoms with E-state index in [0.717, 1.165) is 23.1 Å². The summed E-state index contributed by atoms with van der Waals surface area (Å²) in [6.45, 7) is 6.86. The molecule has 0 fully saturated rings. The first-order chi connectivity index (χ1) is 14.4. The van der Waals surface area contributed by atoms with Gasteiger partial charge in [-0.2, -0.15) is 5.53 Å². The van der Waals surface area contributed by atoms with Gasteiger partial charge in [-0.25, -0.2) is 4.79 Å². The van der Waals surface area contributed by atoms with Gasteiger partial charge >= 0.3 is 5.63 Å². The van der Waals surface area contributed by atoms with E-state index in [4.69, 9.17) is 9.15 Å². The molecule has 30 heavy (non-hydrogen) atoms. The van der Waals surface area contributed by atoms with Gasteiger partial charge in [0.2, 0.25) is 6.41 Å². The summed E-state index contributed by atoms with van der Waals surface area (Å²) < 4.78 is 11.4. The van der Waals surface area contributed by atoms with Gasteiger partial charge in [-0.05, 0) is 43.5 Å². The zero-order valence-corrected chi connectivity index (χ0v) is 17.7. The molecule has 0 aliphatic heterocycles. The number of ether oxygens (including phenoxy) is 1. The lowest BCUT2D eigenvalue weighted by molar-refractivity contribution is -0.123. The fourth-order valence-electron chi connectivity index (χ4n) is 3.42. The Morgan fingerprint density at radius 2 is 2.07 bits per heavy atom. The van der Waals surface area contributed by atoms with Crippen LogP contribution < -0.4 is 21.4 Å². The third kappa shape index (κ3) is 4.90. The van der Waals surface area contributed by atoms with Crippen molar-refractivity contribution in [2.45, 2.75) is 20.8 Å². The molecule has 2 atom stereocenters. The fraction of sp³-hybridized carbons (Fsp3) is 0.364. The number of hydrogen-bond donors (Lipinski definition) is 2. The molecule has 1 aliphatic carbocycles.